The minimum Gasteiger partial charge on any atom is -0.334 e. The van der Waals surface area contributed by atoms with Crippen LogP contribution in [0.2, 0.25) is 0 Å². The summed E-state index contributed by atoms with van der Waals surface area (Å²) >= 11 is 0. The summed E-state index contributed by atoms with van der Waals surface area (Å²) in [6.07, 6.45) is 6.18. The molecule has 14 heavy (non-hydrogen) atoms. The van der Waals surface area contributed by atoms with E-state index in [4.69, 9.17) is 5.73 Å². The molecule has 1 aliphatic heterocycles. The molecular formula is C10H18N4. The van der Waals surface area contributed by atoms with Crippen molar-refractivity contribution in [1.29, 1.82) is 0 Å². The van der Waals surface area contributed by atoms with Crippen LogP contribution in [0.5, 0.6) is 0 Å². The number of aryl methyl sites for hydroxylation is 1. The van der Waals surface area contributed by atoms with Crippen molar-refractivity contribution in [2.75, 3.05) is 19.6 Å². The van der Waals surface area contributed by atoms with Gasteiger partial charge in [-0.05, 0) is 25.9 Å². The molecule has 78 valence electrons. The largest absolute Gasteiger partial charge is 0.334 e. The minimum absolute atomic E-state index is 0.648. The maximum atomic E-state index is 5.50. The van der Waals surface area contributed by atoms with Gasteiger partial charge in [0.2, 0.25) is 0 Å². The number of nitrogens with one attached hydrogen (secondary N) is 1. The molecule has 3 N–H and O–H groups in total. The lowest BCUT2D eigenvalue weighted by Gasteiger charge is -2.11. The van der Waals surface area contributed by atoms with Crippen molar-refractivity contribution in [1.82, 2.24) is 14.9 Å². The molecule has 1 fully saturated rings. The van der Waals surface area contributed by atoms with E-state index in [1.165, 1.54) is 12.1 Å². The maximum Gasteiger partial charge on any atom is 0.0948 e. The molecule has 4 nitrogen and oxygen atoms in total. The zero-order chi connectivity index (χ0) is 9.80. The fourth-order valence-electron chi connectivity index (χ4n) is 2.03. The first-order valence-electron chi connectivity index (χ1n) is 5.32. The first kappa shape index (κ1) is 9.68. The van der Waals surface area contributed by atoms with E-state index < -0.39 is 0 Å². The molecule has 1 saturated heterocycles. The summed E-state index contributed by atoms with van der Waals surface area (Å²) in [6.45, 7) is 3.98. The molecule has 2 heterocycles. The molecule has 1 aromatic rings. The molecule has 1 aliphatic rings. The highest BCUT2D eigenvalue weighted by atomic mass is 15.1. The summed E-state index contributed by atoms with van der Waals surface area (Å²) in [4.78, 5) is 4.21. The van der Waals surface area contributed by atoms with Crippen LogP contribution in [0.25, 0.3) is 0 Å². The highest BCUT2D eigenvalue weighted by Crippen LogP contribution is 2.21. The number of nitrogens with zero attached hydrogens (tertiary/aromatic N) is 2. The van der Waals surface area contributed by atoms with Crippen molar-refractivity contribution >= 4 is 0 Å². The van der Waals surface area contributed by atoms with Crippen molar-refractivity contribution in [3.63, 3.8) is 0 Å². The molecule has 4 heteroatoms. The SMILES string of the molecule is NCCCn1cncc1C1CCNC1. The van der Waals surface area contributed by atoms with Crippen LogP contribution in [0.15, 0.2) is 12.5 Å². The summed E-state index contributed by atoms with van der Waals surface area (Å²) in [6, 6.07) is 0. The second-order valence-electron chi connectivity index (χ2n) is 3.84. The van der Waals surface area contributed by atoms with Crippen molar-refractivity contribution in [3.05, 3.63) is 18.2 Å². The minimum atomic E-state index is 0.648. The Morgan fingerprint density at radius 2 is 2.57 bits per heavy atom. The number of aromatic nitrogens is 2. The van der Waals surface area contributed by atoms with Crippen LogP contribution in [0, 0.1) is 0 Å². The second kappa shape index (κ2) is 4.57. The topological polar surface area (TPSA) is 55.9 Å². The molecule has 0 saturated carbocycles. The average Bonchev–Trinajstić information content (AvgIpc) is 2.84. The van der Waals surface area contributed by atoms with Crippen molar-refractivity contribution in [2.45, 2.75) is 25.3 Å². The number of nitrogens with two attached hydrogens (primary N) is 1. The van der Waals surface area contributed by atoms with E-state index >= 15 is 0 Å². The summed E-state index contributed by atoms with van der Waals surface area (Å²) in [5, 5.41) is 3.38. The number of hydrogen-bond acceptors (Lipinski definition) is 3. The third-order valence-electron chi connectivity index (χ3n) is 2.83. The van der Waals surface area contributed by atoms with Gasteiger partial charge in [0.15, 0.2) is 0 Å². The number of hydrogen-bond donors (Lipinski definition) is 2. The van der Waals surface area contributed by atoms with Crippen LogP contribution in [-0.4, -0.2) is 29.2 Å². The summed E-state index contributed by atoms with van der Waals surface area (Å²) in [7, 11) is 0. The van der Waals surface area contributed by atoms with E-state index in [0.29, 0.717) is 5.92 Å². The van der Waals surface area contributed by atoms with Crippen LogP contribution in [0.4, 0.5) is 0 Å². The van der Waals surface area contributed by atoms with E-state index in [0.717, 1.165) is 32.6 Å². The van der Waals surface area contributed by atoms with Gasteiger partial charge >= 0.3 is 0 Å². The van der Waals surface area contributed by atoms with Gasteiger partial charge in [-0.25, -0.2) is 4.98 Å². The van der Waals surface area contributed by atoms with Gasteiger partial charge in [-0.1, -0.05) is 0 Å². The van der Waals surface area contributed by atoms with Gasteiger partial charge in [-0.2, -0.15) is 0 Å². The molecule has 0 aromatic carbocycles. The molecule has 0 spiro atoms. The molecule has 0 radical (unpaired) electrons. The van der Waals surface area contributed by atoms with Crippen LogP contribution in [0.3, 0.4) is 0 Å². The maximum absolute atomic E-state index is 5.50. The molecule has 1 aromatic heterocycles. The number of imidazole rings is 1. The molecule has 2 rings (SSSR count). The number of rotatable bonds is 4. The highest BCUT2D eigenvalue weighted by Gasteiger charge is 2.19. The van der Waals surface area contributed by atoms with Gasteiger partial charge in [0.05, 0.1) is 6.33 Å². The van der Waals surface area contributed by atoms with E-state index in [1.807, 2.05) is 12.5 Å². The Hall–Kier alpha value is -0.870. The predicted molar refractivity (Wildman–Crippen MR) is 56.1 cm³/mol. The van der Waals surface area contributed by atoms with Gasteiger partial charge in [0.1, 0.15) is 0 Å². The third kappa shape index (κ3) is 1.96. The quantitative estimate of drug-likeness (QED) is 0.725. The fraction of sp³-hybridized carbons (Fsp3) is 0.700. The van der Waals surface area contributed by atoms with Gasteiger partial charge in [0, 0.05) is 30.9 Å². The third-order valence-corrected chi connectivity index (χ3v) is 2.83. The van der Waals surface area contributed by atoms with E-state index in [-0.39, 0.29) is 0 Å². The Labute approximate surface area is 84.5 Å². The van der Waals surface area contributed by atoms with Gasteiger partial charge in [0.25, 0.3) is 0 Å². The smallest absolute Gasteiger partial charge is 0.0948 e. The van der Waals surface area contributed by atoms with Crippen LogP contribution in [-0.2, 0) is 6.54 Å². The fourth-order valence-corrected chi connectivity index (χ4v) is 2.03. The van der Waals surface area contributed by atoms with Gasteiger partial charge < -0.3 is 15.6 Å². The van der Waals surface area contributed by atoms with Crippen molar-refractivity contribution in [3.8, 4) is 0 Å². The molecule has 1 atom stereocenters. The zero-order valence-corrected chi connectivity index (χ0v) is 8.45. The lowest BCUT2D eigenvalue weighted by molar-refractivity contribution is 0.590. The van der Waals surface area contributed by atoms with E-state index in [2.05, 4.69) is 14.9 Å². The zero-order valence-electron chi connectivity index (χ0n) is 8.45. The van der Waals surface area contributed by atoms with Crippen molar-refractivity contribution < 1.29 is 0 Å². The standard InChI is InChI=1S/C10H18N4/c11-3-1-5-14-8-13-7-10(14)9-2-4-12-6-9/h7-9,12H,1-6,11H2. The average molecular weight is 194 g/mol. The Morgan fingerprint density at radius 3 is 3.29 bits per heavy atom. The highest BCUT2D eigenvalue weighted by molar-refractivity contribution is 5.09. The first-order chi connectivity index (χ1) is 6.92. The monoisotopic (exact) mass is 194 g/mol. The first-order valence-corrected chi connectivity index (χ1v) is 5.32. The van der Waals surface area contributed by atoms with Gasteiger partial charge in [-0.15, -0.1) is 0 Å². The van der Waals surface area contributed by atoms with Crippen LogP contribution >= 0.6 is 0 Å². The Balaban J connectivity index is 2.04. The van der Waals surface area contributed by atoms with Crippen LogP contribution < -0.4 is 11.1 Å². The van der Waals surface area contributed by atoms with E-state index in [9.17, 15) is 0 Å². The Morgan fingerprint density at radius 1 is 1.64 bits per heavy atom. The molecule has 0 aliphatic carbocycles. The normalized spacial score (nSPS) is 21.6. The second-order valence-corrected chi connectivity index (χ2v) is 3.84. The Bertz CT molecular complexity index is 275. The summed E-state index contributed by atoms with van der Waals surface area (Å²) < 4.78 is 2.24. The molecule has 1 unspecified atom stereocenters. The van der Waals surface area contributed by atoms with Crippen LogP contribution in [0.1, 0.15) is 24.5 Å². The van der Waals surface area contributed by atoms with Crippen molar-refractivity contribution in [2.24, 2.45) is 5.73 Å². The predicted octanol–water partition coefficient (Wildman–Crippen LogP) is 0.309. The lowest BCUT2D eigenvalue weighted by Crippen LogP contribution is -2.13. The molecular weight excluding hydrogens is 176 g/mol. The van der Waals surface area contributed by atoms with Gasteiger partial charge in [-0.3, -0.25) is 0 Å². The Kier molecular flexibility index (Phi) is 3.16. The molecule has 0 bridgehead atoms. The molecule has 0 amide bonds. The lowest BCUT2D eigenvalue weighted by atomic mass is 10.1. The summed E-state index contributed by atoms with van der Waals surface area (Å²) in [5.41, 5.74) is 6.87. The summed E-state index contributed by atoms with van der Waals surface area (Å²) in [5.74, 6) is 0.648. The van der Waals surface area contributed by atoms with E-state index in [1.54, 1.807) is 0 Å².